The lowest BCUT2D eigenvalue weighted by molar-refractivity contribution is -0.132. The van der Waals surface area contributed by atoms with Crippen molar-refractivity contribution in [3.05, 3.63) is 139 Å². The Morgan fingerprint density at radius 3 is 1.93 bits per heavy atom. The van der Waals surface area contributed by atoms with E-state index in [0.29, 0.717) is 47.8 Å². The number of benzene rings is 3. The number of aromatic nitrogens is 4. The fourth-order valence-electron chi connectivity index (χ4n) is 7.96. The Hall–Kier alpha value is -8.21. The summed E-state index contributed by atoms with van der Waals surface area (Å²) in [4.78, 5) is 96.9. The zero-order chi connectivity index (χ0) is 49.8. The molecule has 0 unspecified atom stereocenters. The van der Waals surface area contributed by atoms with Gasteiger partial charge in [-0.05, 0) is 74.4 Å². The third-order valence-corrected chi connectivity index (χ3v) is 11.7. The molecule has 6 aromatic rings. The molecule has 6 rings (SSSR count). The lowest BCUT2D eigenvalue weighted by Gasteiger charge is -2.27. The van der Waals surface area contributed by atoms with Crippen molar-refractivity contribution >= 4 is 57.4 Å². The van der Waals surface area contributed by atoms with Gasteiger partial charge in [0.1, 0.15) is 24.2 Å². The van der Waals surface area contributed by atoms with Gasteiger partial charge in [-0.25, -0.2) is 15.2 Å². The molecule has 0 aliphatic heterocycles. The fourth-order valence-corrected chi connectivity index (χ4v) is 7.96. The van der Waals surface area contributed by atoms with Gasteiger partial charge in [-0.3, -0.25) is 24.0 Å². The van der Waals surface area contributed by atoms with Crippen LogP contribution in [0.4, 0.5) is 4.79 Å². The number of urea groups is 1. The van der Waals surface area contributed by atoms with Crippen molar-refractivity contribution in [3.63, 3.8) is 0 Å². The Morgan fingerprint density at radius 1 is 0.714 bits per heavy atom. The van der Waals surface area contributed by atoms with E-state index in [9.17, 15) is 28.8 Å². The van der Waals surface area contributed by atoms with Crippen LogP contribution >= 0.6 is 0 Å². The van der Waals surface area contributed by atoms with E-state index in [1.807, 2.05) is 78.9 Å². The van der Waals surface area contributed by atoms with Gasteiger partial charge in [-0.1, -0.05) is 78.7 Å². The zero-order valence-electron chi connectivity index (χ0n) is 39.1. The molecule has 3 heterocycles. The van der Waals surface area contributed by atoms with Crippen LogP contribution in [0.3, 0.4) is 0 Å². The number of nitrogens with one attached hydrogen (secondary N) is 9. The number of unbranched alkanes of at least 4 members (excludes halogenated alkanes) is 1. The van der Waals surface area contributed by atoms with Crippen molar-refractivity contribution in [1.29, 1.82) is 0 Å². The summed E-state index contributed by atoms with van der Waals surface area (Å²) >= 11 is 0. The number of aromatic amines is 3. The van der Waals surface area contributed by atoms with Crippen molar-refractivity contribution in [1.82, 2.24) is 57.0 Å². The van der Waals surface area contributed by atoms with Gasteiger partial charge in [0.2, 0.25) is 23.6 Å². The number of fused-ring (bicyclic) bond motifs is 2. The Morgan fingerprint density at radius 2 is 1.31 bits per heavy atom. The molecular weight excluding hydrogens is 891 g/mol. The number of aryl methyl sites for hydroxylation is 1. The minimum absolute atomic E-state index is 0.00500. The maximum absolute atomic E-state index is 14.6. The van der Waals surface area contributed by atoms with E-state index >= 15 is 0 Å². The second-order valence-corrected chi connectivity index (χ2v) is 16.8. The maximum atomic E-state index is 14.6. The average Bonchev–Trinajstić information content (AvgIpc) is 4.14. The molecule has 13 N–H and O–H groups in total. The summed E-state index contributed by atoms with van der Waals surface area (Å²) in [7, 11) is 0. The minimum Gasteiger partial charge on any atom is -0.368 e. The van der Waals surface area contributed by atoms with Crippen molar-refractivity contribution < 1.29 is 28.8 Å². The predicted octanol–water partition coefficient (Wildman–Crippen LogP) is 2.64. The van der Waals surface area contributed by atoms with Crippen LogP contribution in [-0.4, -0.2) is 104 Å². The van der Waals surface area contributed by atoms with E-state index in [2.05, 4.69) is 70.5 Å². The van der Waals surface area contributed by atoms with Gasteiger partial charge in [0.15, 0.2) is 0 Å². The Balaban J connectivity index is 1.24. The minimum atomic E-state index is -1.35. The van der Waals surface area contributed by atoms with Crippen molar-refractivity contribution in [2.75, 3.05) is 13.1 Å². The first-order valence-corrected chi connectivity index (χ1v) is 23.2. The highest BCUT2D eigenvalue weighted by Crippen LogP contribution is 2.21. The first kappa shape index (κ1) is 51.2. The van der Waals surface area contributed by atoms with Gasteiger partial charge < -0.3 is 53.0 Å². The van der Waals surface area contributed by atoms with Gasteiger partial charge in [0.25, 0.3) is 5.91 Å². The topological polar surface area (TPSA) is 290 Å². The largest absolute Gasteiger partial charge is 0.368 e. The first-order chi connectivity index (χ1) is 33.9. The number of rotatable bonds is 25. The van der Waals surface area contributed by atoms with E-state index < -0.39 is 65.8 Å². The Kier molecular flexibility index (Phi) is 18.9. The molecule has 366 valence electrons. The molecule has 0 aliphatic carbocycles. The number of carbonyl (C=O) groups excluding carboxylic acids is 6. The van der Waals surface area contributed by atoms with E-state index in [-0.39, 0.29) is 32.1 Å². The standard InChI is InChI=1S/C51H61N13O6/c1-3-23-54-24-13-12-20-42(46(53)65)59-48(67)43(22-21-33-14-6-5-7-15-33)60-49(68)44(26-34-29-56-40-18-10-8-16-37(34)40)62-51(70)64(25-4-2)63-50(69)45(27-35-30-57-41-19-11-9-17-38(35)41)61-47(66)39(52)28-36-31-55-32-58-36/h3,5-11,14-19,29-32,39,42-45,54,56-57H,1,12-13,20-24,26-28,52H2,2H3,(H2,53,65)(H,55,58)(H,59,67)(H,60,68)(H,61,66)(H,62,70)(H,63,69)/t39-,42-,43+,44-,45+/m0/s1. The van der Waals surface area contributed by atoms with Crippen molar-refractivity contribution in [2.24, 2.45) is 11.5 Å². The Labute approximate surface area is 405 Å². The van der Waals surface area contributed by atoms with Crippen LogP contribution in [-0.2, 0) is 49.7 Å². The quantitative estimate of drug-likeness (QED) is 0.0132. The highest BCUT2D eigenvalue weighted by molar-refractivity contribution is 5.96. The zero-order valence-corrected chi connectivity index (χ0v) is 39.1. The smallest absolute Gasteiger partial charge is 0.349 e. The molecule has 19 nitrogen and oxygen atoms in total. The summed E-state index contributed by atoms with van der Waals surface area (Å²) in [6.07, 6.45) is 10.3. The molecule has 5 atom stereocenters. The van der Waals surface area contributed by atoms with Gasteiger partial charge in [0, 0.05) is 77.9 Å². The second-order valence-electron chi connectivity index (χ2n) is 16.8. The molecule has 0 radical (unpaired) electrons. The van der Waals surface area contributed by atoms with E-state index in [4.69, 9.17) is 11.5 Å². The van der Waals surface area contributed by atoms with E-state index in [0.717, 1.165) is 33.8 Å². The lowest BCUT2D eigenvalue weighted by atomic mass is 10.0. The molecule has 0 fully saturated rings. The third-order valence-electron chi connectivity index (χ3n) is 11.7. The highest BCUT2D eigenvalue weighted by Gasteiger charge is 2.33. The average molecular weight is 952 g/mol. The predicted molar refractivity (Wildman–Crippen MR) is 267 cm³/mol. The summed E-state index contributed by atoms with van der Waals surface area (Å²) in [6, 6.07) is 20.0. The summed E-state index contributed by atoms with van der Waals surface area (Å²) < 4.78 is 0. The molecule has 0 saturated carbocycles. The SMILES string of the molecule is C=CCNCCCC[C@H](NC(=O)[C@@H](CCc1ccccc1)NC(=O)[C@H](Cc1c[nH]c2ccccc12)NC(=O)N(C#CC)NC(=O)[C@@H](Cc1c[nH]c2ccccc12)NC(=O)[C@@H](N)Cc1cnc[nH]1)C(N)=O. The number of primary amides is 1. The van der Waals surface area contributed by atoms with Crippen molar-refractivity contribution in [2.45, 2.75) is 88.5 Å². The second kappa shape index (κ2) is 25.8. The number of imidazole rings is 1. The number of nitrogens with two attached hydrogens (primary N) is 2. The molecule has 19 heteroatoms. The number of amides is 7. The monoisotopic (exact) mass is 951 g/mol. The first-order valence-electron chi connectivity index (χ1n) is 23.2. The van der Waals surface area contributed by atoms with Crippen LogP contribution in [0, 0.1) is 12.0 Å². The highest BCUT2D eigenvalue weighted by atomic mass is 16.2. The number of hydrogen-bond acceptors (Lipinski definition) is 9. The van der Waals surface area contributed by atoms with Crippen LogP contribution in [0.1, 0.15) is 55.0 Å². The van der Waals surface area contributed by atoms with Crippen LogP contribution in [0.15, 0.2) is 116 Å². The van der Waals surface area contributed by atoms with Gasteiger partial charge in [-0.15, -0.1) is 6.58 Å². The number of H-pyrrole nitrogens is 3. The van der Waals surface area contributed by atoms with Crippen LogP contribution in [0.2, 0.25) is 0 Å². The molecule has 70 heavy (non-hydrogen) atoms. The van der Waals surface area contributed by atoms with Gasteiger partial charge in [0.05, 0.1) is 12.4 Å². The number of para-hydroxylation sites is 2. The van der Waals surface area contributed by atoms with E-state index in [1.54, 1.807) is 24.7 Å². The lowest BCUT2D eigenvalue weighted by Crippen LogP contribution is -2.60. The molecule has 3 aromatic carbocycles. The van der Waals surface area contributed by atoms with Crippen molar-refractivity contribution in [3.8, 4) is 12.0 Å². The summed E-state index contributed by atoms with van der Waals surface area (Å²) in [5.41, 5.74) is 19.1. The number of hydrazine groups is 1. The normalized spacial score (nSPS) is 13.1. The fraction of sp³-hybridized carbons (Fsp3) is 0.314. The summed E-state index contributed by atoms with van der Waals surface area (Å²) in [5.74, 6) is -0.896. The van der Waals surface area contributed by atoms with Crippen LogP contribution in [0.25, 0.3) is 21.8 Å². The van der Waals surface area contributed by atoms with Crippen LogP contribution in [0.5, 0.6) is 0 Å². The van der Waals surface area contributed by atoms with Gasteiger partial charge in [-0.2, -0.15) is 5.01 Å². The van der Waals surface area contributed by atoms with E-state index in [1.165, 1.54) is 13.3 Å². The summed E-state index contributed by atoms with van der Waals surface area (Å²) in [6.45, 7) is 6.47. The van der Waals surface area contributed by atoms with Crippen LogP contribution < -0.4 is 43.5 Å². The number of nitrogens with zero attached hydrogens (tertiary/aromatic N) is 2. The summed E-state index contributed by atoms with van der Waals surface area (Å²) in [5, 5.41) is 16.6. The third kappa shape index (κ3) is 14.6. The molecule has 0 bridgehead atoms. The van der Waals surface area contributed by atoms with Gasteiger partial charge >= 0.3 is 6.03 Å². The number of carbonyl (C=O) groups is 6. The molecule has 3 aromatic heterocycles. The molecule has 0 spiro atoms. The molecular formula is C51H61N13O6. The number of hydrogen-bond donors (Lipinski definition) is 11. The Bertz CT molecular complexity index is 2780. The molecule has 0 saturated heterocycles. The molecule has 0 aliphatic rings. The maximum Gasteiger partial charge on any atom is 0.349 e. The molecule has 7 amide bonds.